The standard InChI is InChI=1S/C21H22FN3O2S.ClH/c22-17-4-2-1-3-14(17)8-19-21(27)25-18(12-28-19)20(26)24-9-13-5-6-15-10-23-11-16(15)7-13;/h1-7,18-19,23H,8-12H2,(H,24,26)(H,25,27);1H. The Morgan fingerprint density at radius 1 is 1.17 bits per heavy atom. The van der Waals surface area contributed by atoms with E-state index in [1.807, 2.05) is 6.07 Å². The molecule has 2 aliphatic rings. The first-order valence-electron chi connectivity index (χ1n) is 9.34. The number of thioether (sulfide) groups is 1. The zero-order chi connectivity index (χ0) is 19.5. The average molecular weight is 436 g/mol. The Morgan fingerprint density at radius 2 is 1.97 bits per heavy atom. The van der Waals surface area contributed by atoms with Crippen LogP contribution in [0.25, 0.3) is 0 Å². The van der Waals surface area contributed by atoms with Gasteiger partial charge in [0.25, 0.3) is 0 Å². The topological polar surface area (TPSA) is 70.2 Å². The SMILES string of the molecule is Cl.O=C(NCc1ccc2c(c1)CNC2)C1CSC(Cc2ccccc2F)C(=O)N1. The van der Waals surface area contributed by atoms with E-state index in [9.17, 15) is 14.0 Å². The third kappa shape index (κ3) is 5.10. The molecule has 29 heavy (non-hydrogen) atoms. The van der Waals surface area contributed by atoms with Gasteiger partial charge in [-0.05, 0) is 34.7 Å². The maximum Gasteiger partial charge on any atom is 0.243 e. The molecular formula is C21H23ClFN3O2S. The highest BCUT2D eigenvalue weighted by atomic mass is 35.5. The largest absolute Gasteiger partial charge is 0.350 e. The van der Waals surface area contributed by atoms with Crippen molar-refractivity contribution < 1.29 is 14.0 Å². The molecule has 1 saturated heterocycles. The number of benzene rings is 2. The molecule has 0 bridgehead atoms. The van der Waals surface area contributed by atoms with Gasteiger partial charge in [0.2, 0.25) is 11.8 Å². The number of amides is 2. The van der Waals surface area contributed by atoms with Crippen LogP contribution in [-0.2, 0) is 35.6 Å². The van der Waals surface area contributed by atoms with E-state index in [-0.39, 0.29) is 35.3 Å². The molecule has 4 rings (SSSR count). The first-order valence-corrected chi connectivity index (χ1v) is 10.4. The zero-order valence-corrected chi connectivity index (χ0v) is 17.4. The minimum Gasteiger partial charge on any atom is -0.350 e. The first kappa shape index (κ1) is 21.6. The maximum absolute atomic E-state index is 13.8. The Kier molecular flexibility index (Phi) is 7.16. The number of carbonyl (C=O) groups is 2. The Labute approximate surface area is 179 Å². The normalized spacial score (nSPS) is 20.4. The van der Waals surface area contributed by atoms with Crippen LogP contribution in [-0.4, -0.2) is 28.9 Å². The molecule has 0 radical (unpaired) electrons. The highest BCUT2D eigenvalue weighted by Gasteiger charge is 2.32. The Morgan fingerprint density at radius 3 is 2.76 bits per heavy atom. The van der Waals surface area contributed by atoms with Crippen molar-refractivity contribution in [3.8, 4) is 0 Å². The van der Waals surface area contributed by atoms with E-state index >= 15 is 0 Å². The molecule has 2 unspecified atom stereocenters. The molecule has 2 aliphatic heterocycles. The lowest BCUT2D eigenvalue weighted by Gasteiger charge is -2.28. The predicted molar refractivity (Wildman–Crippen MR) is 114 cm³/mol. The summed E-state index contributed by atoms with van der Waals surface area (Å²) in [6.45, 7) is 2.18. The van der Waals surface area contributed by atoms with Crippen molar-refractivity contribution in [3.05, 3.63) is 70.5 Å². The van der Waals surface area contributed by atoms with E-state index in [0.29, 0.717) is 24.3 Å². The molecule has 2 atom stereocenters. The fourth-order valence-corrected chi connectivity index (χ4v) is 4.70. The highest BCUT2D eigenvalue weighted by Crippen LogP contribution is 2.23. The third-order valence-electron chi connectivity index (χ3n) is 5.12. The quantitative estimate of drug-likeness (QED) is 0.674. The lowest BCUT2D eigenvalue weighted by molar-refractivity contribution is -0.128. The van der Waals surface area contributed by atoms with Crippen LogP contribution in [0.3, 0.4) is 0 Å². The third-order valence-corrected chi connectivity index (χ3v) is 6.43. The van der Waals surface area contributed by atoms with Crippen LogP contribution in [0.5, 0.6) is 0 Å². The molecular weight excluding hydrogens is 413 g/mol. The van der Waals surface area contributed by atoms with E-state index in [0.717, 1.165) is 18.7 Å². The molecule has 2 aromatic rings. The summed E-state index contributed by atoms with van der Waals surface area (Å²) in [5.41, 5.74) is 4.13. The summed E-state index contributed by atoms with van der Waals surface area (Å²) in [5.74, 6) is -0.238. The van der Waals surface area contributed by atoms with Crippen LogP contribution >= 0.6 is 24.2 Å². The van der Waals surface area contributed by atoms with Gasteiger partial charge in [0.05, 0.1) is 5.25 Å². The number of nitrogens with one attached hydrogen (secondary N) is 3. The molecule has 3 N–H and O–H groups in total. The molecule has 8 heteroatoms. The lowest BCUT2D eigenvalue weighted by Crippen LogP contribution is -2.54. The minimum absolute atomic E-state index is 0. The second kappa shape index (κ2) is 9.61. The zero-order valence-electron chi connectivity index (χ0n) is 15.7. The molecule has 2 aromatic carbocycles. The minimum atomic E-state index is -0.564. The monoisotopic (exact) mass is 435 g/mol. The predicted octanol–water partition coefficient (Wildman–Crippen LogP) is 2.31. The smallest absolute Gasteiger partial charge is 0.243 e. The number of carbonyl (C=O) groups excluding carboxylic acids is 2. The van der Waals surface area contributed by atoms with Gasteiger partial charge in [-0.1, -0.05) is 36.4 Å². The van der Waals surface area contributed by atoms with Crippen molar-refractivity contribution in [2.75, 3.05) is 5.75 Å². The Balaban J connectivity index is 0.00000240. The van der Waals surface area contributed by atoms with Gasteiger partial charge in [-0.15, -0.1) is 24.2 Å². The van der Waals surface area contributed by atoms with Gasteiger partial charge in [0.15, 0.2) is 0 Å². The molecule has 2 amide bonds. The van der Waals surface area contributed by atoms with Gasteiger partial charge in [0, 0.05) is 25.4 Å². The van der Waals surface area contributed by atoms with Crippen LogP contribution < -0.4 is 16.0 Å². The van der Waals surface area contributed by atoms with Crippen LogP contribution in [0.2, 0.25) is 0 Å². The van der Waals surface area contributed by atoms with Crippen molar-refractivity contribution in [3.63, 3.8) is 0 Å². The first-order chi connectivity index (χ1) is 13.6. The van der Waals surface area contributed by atoms with E-state index in [2.05, 4.69) is 28.1 Å². The van der Waals surface area contributed by atoms with Crippen molar-refractivity contribution in [2.24, 2.45) is 0 Å². The summed E-state index contributed by atoms with van der Waals surface area (Å²) in [5, 5.41) is 8.60. The van der Waals surface area contributed by atoms with Crippen LogP contribution in [0.15, 0.2) is 42.5 Å². The molecule has 1 fully saturated rings. The maximum atomic E-state index is 13.8. The summed E-state index contributed by atoms with van der Waals surface area (Å²) < 4.78 is 13.8. The fourth-order valence-electron chi connectivity index (χ4n) is 3.52. The summed E-state index contributed by atoms with van der Waals surface area (Å²) in [7, 11) is 0. The Hall–Kier alpha value is -2.09. The van der Waals surface area contributed by atoms with E-state index in [1.165, 1.54) is 29.0 Å². The summed E-state index contributed by atoms with van der Waals surface area (Å²) >= 11 is 1.40. The molecule has 0 saturated carbocycles. The van der Waals surface area contributed by atoms with Gasteiger partial charge in [-0.25, -0.2) is 4.39 Å². The average Bonchev–Trinajstić information content (AvgIpc) is 3.17. The summed E-state index contributed by atoms with van der Waals surface area (Å²) in [6.07, 6.45) is 0.320. The van der Waals surface area contributed by atoms with Gasteiger partial charge in [-0.2, -0.15) is 0 Å². The number of rotatable bonds is 5. The number of fused-ring (bicyclic) bond motifs is 1. The summed E-state index contributed by atoms with van der Waals surface area (Å²) in [4.78, 5) is 24.8. The molecule has 2 heterocycles. The van der Waals surface area contributed by atoms with Crippen LogP contribution in [0.4, 0.5) is 4.39 Å². The lowest BCUT2D eigenvalue weighted by atomic mass is 10.1. The Bertz CT molecular complexity index is 911. The second-order valence-corrected chi connectivity index (χ2v) is 8.34. The number of hydrogen-bond acceptors (Lipinski definition) is 4. The summed E-state index contributed by atoms with van der Waals surface area (Å²) in [6, 6.07) is 12.1. The van der Waals surface area contributed by atoms with Gasteiger partial charge >= 0.3 is 0 Å². The van der Waals surface area contributed by atoms with Gasteiger partial charge < -0.3 is 16.0 Å². The van der Waals surface area contributed by atoms with Crippen molar-refractivity contribution in [1.82, 2.24) is 16.0 Å². The molecule has 0 aliphatic carbocycles. The van der Waals surface area contributed by atoms with Crippen molar-refractivity contribution >= 4 is 36.0 Å². The van der Waals surface area contributed by atoms with E-state index in [4.69, 9.17) is 0 Å². The fraction of sp³-hybridized carbons (Fsp3) is 0.333. The molecule has 154 valence electrons. The number of halogens is 2. The number of hydrogen-bond donors (Lipinski definition) is 3. The molecule has 5 nitrogen and oxygen atoms in total. The van der Waals surface area contributed by atoms with E-state index in [1.54, 1.807) is 18.2 Å². The van der Waals surface area contributed by atoms with Crippen LogP contribution in [0.1, 0.15) is 22.3 Å². The molecule has 0 spiro atoms. The highest BCUT2D eigenvalue weighted by molar-refractivity contribution is 8.00. The van der Waals surface area contributed by atoms with Gasteiger partial charge in [0.1, 0.15) is 11.9 Å². The van der Waals surface area contributed by atoms with Crippen LogP contribution in [0, 0.1) is 5.82 Å². The molecule has 0 aromatic heterocycles. The van der Waals surface area contributed by atoms with Crippen molar-refractivity contribution in [1.29, 1.82) is 0 Å². The van der Waals surface area contributed by atoms with E-state index < -0.39 is 6.04 Å². The van der Waals surface area contributed by atoms with Crippen molar-refractivity contribution in [2.45, 2.75) is 37.3 Å². The second-order valence-electron chi connectivity index (χ2n) is 7.10. The van der Waals surface area contributed by atoms with Gasteiger partial charge in [-0.3, -0.25) is 9.59 Å².